The van der Waals surface area contributed by atoms with Gasteiger partial charge in [0.1, 0.15) is 17.3 Å². The van der Waals surface area contributed by atoms with Crippen molar-refractivity contribution < 1.29 is 32.9 Å². The number of carbonyl (C=O) groups excluding carboxylic acids is 2. The van der Waals surface area contributed by atoms with Crippen LogP contribution in [0.25, 0.3) is 0 Å². The average molecular weight is 461 g/mol. The van der Waals surface area contributed by atoms with Gasteiger partial charge in [-0.15, -0.1) is 0 Å². The minimum Gasteiger partial charge on any atom is -0.492 e. The summed E-state index contributed by atoms with van der Waals surface area (Å²) in [5.74, 6) is -0.924. The maximum absolute atomic E-state index is 13.2. The molecule has 0 atom stereocenters. The number of anilines is 3. The molecule has 0 spiro atoms. The summed E-state index contributed by atoms with van der Waals surface area (Å²) in [7, 11) is 0. The number of esters is 1. The highest BCUT2D eigenvalue weighted by atomic mass is 19.1. The predicted octanol–water partition coefficient (Wildman–Crippen LogP) is 2.84. The Bertz CT molecular complexity index is 994. The molecule has 2 aromatic carbocycles. The van der Waals surface area contributed by atoms with E-state index in [9.17, 15) is 14.0 Å². The second-order valence-corrected chi connectivity index (χ2v) is 7.14. The SMILES string of the molecule is CCOc1cc(N2CCOCC2)c(OCC)cc1NC(=O)COC(=O)c1ccc(F)cc1N. The molecule has 0 bridgehead atoms. The van der Waals surface area contributed by atoms with Crippen LogP contribution in [0.15, 0.2) is 30.3 Å². The van der Waals surface area contributed by atoms with Gasteiger partial charge in [0, 0.05) is 30.9 Å². The van der Waals surface area contributed by atoms with E-state index in [0.29, 0.717) is 56.7 Å². The molecule has 10 heteroatoms. The van der Waals surface area contributed by atoms with Gasteiger partial charge in [0.15, 0.2) is 6.61 Å². The quantitative estimate of drug-likeness (QED) is 0.433. The topological polar surface area (TPSA) is 112 Å². The first-order valence-corrected chi connectivity index (χ1v) is 10.7. The molecule has 0 saturated carbocycles. The van der Waals surface area contributed by atoms with Gasteiger partial charge >= 0.3 is 5.97 Å². The molecule has 2 aromatic rings. The van der Waals surface area contributed by atoms with Crippen molar-refractivity contribution in [1.82, 2.24) is 0 Å². The fourth-order valence-corrected chi connectivity index (χ4v) is 3.36. The minimum absolute atomic E-state index is 0.0206. The summed E-state index contributed by atoms with van der Waals surface area (Å²) < 4.78 is 35.2. The molecular formula is C23H28FN3O6. The third kappa shape index (κ3) is 6.26. The lowest BCUT2D eigenvalue weighted by Gasteiger charge is -2.31. The standard InChI is InChI=1S/C23H28FN3O6/c1-3-31-20-13-19(27-7-9-30-10-8-27)21(32-4-2)12-18(20)26-22(28)14-33-23(29)16-6-5-15(24)11-17(16)25/h5-6,11-13H,3-4,7-10,14,25H2,1-2H3,(H,26,28). The monoisotopic (exact) mass is 461 g/mol. The molecule has 178 valence electrons. The van der Waals surface area contributed by atoms with Crippen LogP contribution >= 0.6 is 0 Å². The minimum atomic E-state index is -0.828. The van der Waals surface area contributed by atoms with Crippen LogP contribution in [0.5, 0.6) is 11.5 Å². The molecule has 0 unspecified atom stereocenters. The number of benzene rings is 2. The Labute approximate surface area is 191 Å². The molecule has 1 heterocycles. The van der Waals surface area contributed by atoms with E-state index in [1.807, 2.05) is 19.9 Å². The molecule has 1 aliphatic heterocycles. The van der Waals surface area contributed by atoms with E-state index in [-0.39, 0.29) is 11.3 Å². The summed E-state index contributed by atoms with van der Waals surface area (Å²) in [6.07, 6.45) is 0. The summed E-state index contributed by atoms with van der Waals surface area (Å²) >= 11 is 0. The van der Waals surface area contributed by atoms with Gasteiger partial charge < -0.3 is 34.9 Å². The lowest BCUT2D eigenvalue weighted by molar-refractivity contribution is -0.119. The molecule has 0 aliphatic carbocycles. The zero-order valence-corrected chi connectivity index (χ0v) is 18.7. The molecule has 1 fully saturated rings. The lowest BCUT2D eigenvalue weighted by atomic mass is 10.2. The maximum atomic E-state index is 13.2. The van der Waals surface area contributed by atoms with Crippen molar-refractivity contribution in [3.8, 4) is 11.5 Å². The third-order valence-electron chi connectivity index (χ3n) is 4.85. The number of morpholine rings is 1. The molecule has 3 rings (SSSR count). The van der Waals surface area contributed by atoms with E-state index in [1.54, 1.807) is 6.07 Å². The normalized spacial score (nSPS) is 13.4. The van der Waals surface area contributed by atoms with E-state index < -0.39 is 24.3 Å². The molecule has 1 aliphatic rings. The third-order valence-corrected chi connectivity index (χ3v) is 4.85. The first kappa shape index (κ1) is 24.1. The number of hydrogen-bond donors (Lipinski definition) is 2. The van der Waals surface area contributed by atoms with Gasteiger partial charge in [0.2, 0.25) is 0 Å². The Morgan fingerprint density at radius 3 is 2.45 bits per heavy atom. The highest BCUT2D eigenvalue weighted by Crippen LogP contribution is 2.39. The number of halogens is 1. The van der Waals surface area contributed by atoms with Crippen molar-refractivity contribution in [3.05, 3.63) is 41.7 Å². The summed E-state index contributed by atoms with van der Waals surface area (Å²) in [5, 5.41) is 2.70. The molecule has 33 heavy (non-hydrogen) atoms. The Morgan fingerprint density at radius 1 is 1.09 bits per heavy atom. The fourth-order valence-electron chi connectivity index (χ4n) is 3.36. The molecule has 1 saturated heterocycles. The van der Waals surface area contributed by atoms with E-state index in [2.05, 4.69) is 10.2 Å². The van der Waals surface area contributed by atoms with Gasteiger partial charge in [-0.3, -0.25) is 4.79 Å². The molecule has 1 amide bonds. The summed E-state index contributed by atoms with van der Waals surface area (Å²) in [6.45, 7) is 6.61. The van der Waals surface area contributed by atoms with Crippen LogP contribution in [0.4, 0.5) is 21.5 Å². The van der Waals surface area contributed by atoms with Crippen LogP contribution in [0.1, 0.15) is 24.2 Å². The number of carbonyl (C=O) groups is 2. The van der Waals surface area contributed by atoms with E-state index in [4.69, 9.17) is 24.7 Å². The Morgan fingerprint density at radius 2 is 1.79 bits per heavy atom. The first-order valence-electron chi connectivity index (χ1n) is 10.7. The van der Waals surface area contributed by atoms with Gasteiger partial charge in [-0.05, 0) is 32.0 Å². The lowest BCUT2D eigenvalue weighted by Crippen LogP contribution is -2.36. The second-order valence-electron chi connectivity index (χ2n) is 7.14. The number of amides is 1. The number of ether oxygens (including phenoxy) is 4. The van der Waals surface area contributed by atoms with Crippen LogP contribution in [0, 0.1) is 5.82 Å². The highest BCUT2D eigenvalue weighted by molar-refractivity contribution is 5.99. The van der Waals surface area contributed by atoms with Crippen molar-refractivity contribution >= 4 is 28.9 Å². The zero-order chi connectivity index (χ0) is 23.8. The number of nitrogens with two attached hydrogens (primary N) is 1. The predicted molar refractivity (Wildman–Crippen MR) is 122 cm³/mol. The van der Waals surface area contributed by atoms with Gasteiger partial charge in [0.25, 0.3) is 5.91 Å². The van der Waals surface area contributed by atoms with Crippen LogP contribution in [-0.2, 0) is 14.3 Å². The average Bonchev–Trinajstić information content (AvgIpc) is 2.80. The van der Waals surface area contributed by atoms with Crippen molar-refractivity contribution in [2.24, 2.45) is 0 Å². The van der Waals surface area contributed by atoms with Crippen molar-refractivity contribution in [3.63, 3.8) is 0 Å². The number of rotatable bonds is 9. The molecular weight excluding hydrogens is 433 g/mol. The number of nitrogens with zero attached hydrogens (tertiary/aromatic N) is 1. The number of hydrogen-bond acceptors (Lipinski definition) is 8. The zero-order valence-electron chi connectivity index (χ0n) is 18.7. The molecule has 9 nitrogen and oxygen atoms in total. The number of nitrogen functional groups attached to an aromatic ring is 1. The van der Waals surface area contributed by atoms with Gasteiger partial charge in [-0.25, -0.2) is 9.18 Å². The fraction of sp³-hybridized carbons (Fsp3) is 0.391. The van der Waals surface area contributed by atoms with Gasteiger partial charge in [-0.1, -0.05) is 0 Å². The van der Waals surface area contributed by atoms with Crippen molar-refractivity contribution in [2.45, 2.75) is 13.8 Å². The smallest absolute Gasteiger partial charge is 0.340 e. The van der Waals surface area contributed by atoms with Gasteiger partial charge in [0.05, 0.1) is 43.4 Å². The molecule has 0 aromatic heterocycles. The van der Waals surface area contributed by atoms with Crippen molar-refractivity contribution in [1.29, 1.82) is 0 Å². The van der Waals surface area contributed by atoms with Crippen LogP contribution in [-0.4, -0.2) is 58.0 Å². The summed E-state index contributed by atoms with van der Waals surface area (Å²) in [4.78, 5) is 26.8. The molecule has 3 N–H and O–H groups in total. The van der Waals surface area contributed by atoms with Gasteiger partial charge in [-0.2, -0.15) is 0 Å². The van der Waals surface area contributed by atoms with E-state index in [0.717, 1.165) is 17.8 Å². The number of nitrogens with one attached hydrogen (secondary N) is 1. The Balaban J connectivity index is 1.74. The van der Waals surface area contributed by atoms with E-state index in [1.165, 1.54) is 6.07 Å². The molecule has 0 radical (unpaired) electrons. The second kappa shape index (κ2) is 11.4. The van der Waals surface area contributed by atoms with Crippen LogP contribution < -0.4 is 25.4 Å². The summed E-state index contributed by atoms with van der Waals surface area (Å²) in [6, 6.07) is 6.82. The Hall–Kier alpha value is -3.53. The summed E-state index contributed by atoms with van der Waals surface area (Å²) in [5.41, 5.74) is 6.79. The largest absolute Gasteiger partial charge is 0.492 e. The van der Waals surface area contributed by atoms with Crippen LogP contribution in [0.3, 0.4) is 0 Å². The van der Waals surface area contributed by atoms with E-state index >= 15 is 0 Å². The maximum Gasteiger partial charge on any atom is 0.340 e. The highest BCUT2D eigenvalue weighted by Gasteiger charge is 2.21. The van der Waals surface area contributed by atoms with Crippen LogP contribution in [0.2, 0.25) is 0 Å². The Kier molecular flexibility index (Phi) is 8.31. The first-order chi connectivity index (χ1) is 15.9. The van der Waals surface area contributed by atoms with Crippen molar-refractivity contribution in [2.75, 3.05) is 62.1 Å².